The predicted octanol–water partition coefficient (Wildman–Crippen LogP) is 0.687. The van der Waals surface area contributed by atoms with E-state index in [2.05, 4.69) is 4.98 Å². The van der Waals surface area contributed by atoms with Crippen LogP contribution in [0.4, 0.5) is 0 Å². The Balaban J connectivity index is 2.25. The van der Waals surface area contributed by atoms with Crippen molar-refractivity contribution in [3.63, 3.8) is 0 Å². The molecule has 0 atom stereocenters. The van der Waals surface area contributed by atoms with E-state index in [1.165, 1.54) is 22.2 Å². The van der Waals surface area contributed by atoms with E-state index >= 15 is 0 Å². The molecule has 2 aromatic heterocycles. The highest BCUT2D eigenvalue weighted by molar-refractivity contribution is 7.16. The Morgan fingerprint density at radius 3 is 2.95 bits per heavy atom. The Kier molecular flexibility index (Phi) is 4.51. The molecule has 0 spiro atoms. The van der Waals surface area contributed by atoms with E-state index in [1.54, 1.807) is 16.3 Å². The van der Waals surface area contributed by atoms with E-state index in [4.69, 9.17) is 5.11 Å². The number of aromatic nitrogens is 2. The van der Waals surface area contributed by atoms with Crippen LogP contribution in [0.1, 0.15) is 13.8 Å². The fourth-order valence-corrected chi connectivity index (χ4v) is 2.74. The third kappa shape index (κ3) is 2.88. The van der Waals surface area contributed by atoms with Gasteiger partial charge in [0.15, 0.2) is 0 Å². The molecule has 0 aliphatic carbocycles. The Hall–Kier alpha value is -1.73. The zero-order valence-corrected chi connectivity index (χ0v) is 12.3. The van der Waals surface area contributed by atoms with Crippen LogP contribution in [0.25, 0.3) is 10.2 Å². The van der Waals surface area contributed by atoms with Gasteiger partial charge in [-0.15, -0.1) is 11.3 Å². The minimum absolute atomic E-state index is 0.0248. The molecule has 6 nitrogen and oxygen atoms in total. The van der Waals surface area contributed by atoms with Gasteiger partial charge in [0, 0.05) is 12.6 Å². The number of aliphatic hydroxyl groups excluding tert-OH is 1. The summed E-state index contributed by atoms with van der Waals surface area (Å²) in [6.07, 6.45) is 1.40. The van der Waals surface area contributed by atoms with Crippen LogP contribution in [0.2, 0.25) is 0 Å². The lowest BCUT2D eigenvalue weighted by molar-refractivity contribution is -0.134. The predicted molar refractivity (Wildman–Crippen MR) is 77.8 cm³/mol. The summed E-state index contributed by atoms with van der Waals surface area (Å²) in [5.74, 6) is -0.201. The highest BCUT2D eigenvalue weighted by Gasteiger charge is 2.17. The van der Waals surface area contributed by atoms with E-state index in [-0.39, 0.29) is 37.2 Å². The Morgan fingerprint density at radius 2 is 2.30 bits per heavy atom. The number of fused-ring (bicyclic) bond motifs is 1. The van der Waals surface area contributed by atoms with Gasteiger partial charge in [0.05, 0.1) is 18.3 Å². The molecule has 1 amide bonds. The maximum atomic E-state index is 12.2. The first-order valence-electron chi connectivity index (χ1n) is 6.37. The van der Waals surface area contributed by atoms with E-state index in [9.17, 15) is 9.59 Å². The molecule has 2 rings (SSSR count). The van der Waals surface area contributed by atoms with Gasteiger partial charge in [0.2, 0.25) is 5.91 Å². The minimum Gasteiger partial charge on any atom is -0.395 e. The molecule has 0 unspecified atom stereocenters. The van der Waals surface area contributed by atoms with Crippen LogP contribution in [0.3, 0.4) is 0 Å². The van der Waals surface area contributed by atoms with E-state index < -0.39 is 0 Å². The number of nitrogens with zero attached hydrogens (tertiary/aromatic N) is 3. The standard InChI is InChI=1S/C13H17N3O3S/c1-9(2)16(4-5-17)11(18)7-15-8-14-12-10(13(15)19)3-6-20-12/h3,6,8-9,17H,4-5,7H2,1-2H3. The zero-order chi connectivity index (χ0) is 14.7. The third-order valence-electron chi connectivity index (χ3n) is 3.04. The molecule has 0 saturated heterocycles. The number of amides is 1. The molecule has 108 valence electrons. The van der Waals surface area contributed by atoms with E-state index in [0.29, 0.717) is 10.2 Å². The van der Waals surface area contributed by atoms with Gasteiger partial charge in [-0.2, -0.15) is 0 Å². The summed E-state index contributed by atoms with van der Waals surface area (Å²) in [4.78, 5) is 30.8. The second-order valence-electron chi connectivity index (χ2n) is 4.72. The number of aliphatic hydroxyl groups is 1. The summed E-state index contributed by atoms with van der Waals surface area (Å²) in [7, 11) is 0. The van der Waals surface area contributed by atoms with Crippen LogP contribution in [-0.2, 0) is 11.3 Å². The largest absolute Gasteiger partial charge is 0.395 e. The molecule has 0 saturated carbocycles. The average Bonchev–Trinajstić information content (AvgIpc) is 2.87. The maximum Gasteiger partial charge on any atom is 0.262 e. The molecule has 1 N–H and O–H groups in total. The third-order valence-corrected chi connectivity index (χ3v) is 3.86. The van der Waals surface area contributed by atoms with Gasteiger partial charge in [-0.25, -0.2) is 4.98 Å². The van der Waals surface area contributed by atoms with Gasteiger partial charge in [0.25, 0.3) is 5.56 Å². The van der Waals surface area contributed by atoms with Crippen LogP contribution >= 0.6 is 11.3 Å². The van der Waals surface area contributed by atoms with Crippen molar-refractivity contribution in [2.45, 2.75) is 26.4 Å². The van der Waals surface area contributed by atoms with Gasteiger partial charge in [0.1, 0.15) is 11.4 Å². The molecule has 0 fully saturated rings. The number of hydrogen-bond donors (Lipinski definition) is 1. The zero-order valence-electron chi connectivity index (χ0n) is 11.4. The smallest absolute Gasteiger partial charge is 0.262 e. The number of hydrogen-bond acceptors (Lipinski definition) is 5. The van der Waals surface area contributed by atoms with Crippen molar-refractivity contribution in [2.24, 2.45) is 0 Å². The van der Waals surface area contributed by atoms with Crippen molar-refractivity contribution in [2.75, 3.05) is 13.2 Å². The van der Waals surface area contributed by atoms with Crippen molar-refractivity contribution in [1.29, 1.82) is 0 Å². The summed E-state index contributed by atoms with van der Waals surface area (Å²) in [6, 6.07) is 1.69. The summed E-state index contributed by atoms with van der Waals surface area (Å²) in [5.41, 5.74) is -0.211. The SMILES string of the molecule is CC(C)N(CCO)C(=O)Cn1cnc2sccc2c1=O. The Morgan fingerprint density at radius 1 is 1.55 bits per heavy atom. The van der Waals surface area contributed by atoms with Crippen LogP contribution in [0.5, 0.6) is 0 Å². The molecule has 0 aliphatic rings. The maximum absolute atomic E-state index is 12.2. The van der Waals surface area contributed by atoms with E-state index in [0.717, 1.165) is 0 Å². The first-order chi connectivity index (χ1) is 9.54. The van der Waals surface area contributed by atoms with Gasteiger partial charge in [-0.05, 0) is 25.3 Å². The molecule has 7 heteroatoms. The second-order valence-corrected chi connectivity index (χ2v) is 5.62. The number of thiophene rings is 1. The van der Waals surface area contributed by atoms with Crippen LogP contribution < -0.4 is 5.56 Å². The summed E-state index contributed by atoms with van der Waals surface area (Å²) >= 11 is 1.40. The van der Waals surface area contributed by atoms with E-state index in [1.807, 2.05) is 13.8 Å². The summed E-state index contributed by atoms with van der Waals surface area (Å²) in [5, 5.41) is 11.3. The lowest BCUT2D eigenvalue weighted by Crippen LogP contribution is -2.42. The fourth-order valence-electron chi connectivity index (χ4n) is 2.02. The summed E-state index contributed by atoms with van der Waals surface area (Å²) < 4.78 is 1.31. The summed E-state index contributed by atoms with van der Waals surface area (Å²) in [6.45, 7) is 3.85. The second kappa shape index (κ2) is 6.15. The number of carbonyl (C=O) groups excluding carboxylic acids is 1. The minimum atomic E-state index is -0.211. The molecule has 0 bridgehead atoms. The molecule has 0 aliphatic heterocycles. The lowest BCUT2D eigenvalue weighted by Gasteiger charge is -2.26. The molecule has 2 heterocycles. The molecular formula is C13H17N3O3S. The van der Waals surface area contributed by atoms with Crippen molar-refractivity contribution < 1.29 is 9.90 Å². The van der Waals surface area contributed by atoms with Crippen LogP contribution in [-0.4, -0.2) is 44.7 Å². The van der Waals surface area contributed by atoms with Crippen molar-refractivity contribution in [3.05, 3.63) is 28.1 Å². The van der Waals surface area contributed by atoms with Gasteiger partial charge >= 0.3 is 0 Å². The van der Waals surface area contributed by atoms with Gasteiger partial charge < -0.3 is 10.0 Å². The number of rotatable bonds is 5. The van der Waals surface area contributed by atoms with Crippen molar-refractivity contribution in [1.82, 2.24) is 14.5 Å². The number of carbonyl (C=O) groups is 1. The lowest BCUT2D eigenvalue weighted by atomic mass is 10.3. The molecule has 0 aromatic carbocycles. The Bertz CT molecular complexity index is 662. The quantitative estimate of drug-likeness (QED) is 0.880. The topological polar surface area (TPSA) is 75.4 Å². The molecular weight excluding hydrogens is 278 g/mol. The molecule has 20 heavy (non-hydrogen) atoms. The van der Waals surface area contributed by atoms with Crippen LogP contribution in [0.15, 0.2) is 22.6 Å². The van der Waals surface area contributed by atoms with Crippen molar-refractivity contribution >= 4 is 27.5 Å². The van der Waals surface area contributed by atoms with Crippen molar-refractivity contribution in [3.8, 4) is 0 Å². The first-order valence-corrected chi connectivity index (χ1v) is 7.25. The average molecular weight is 295 g/mol. The monoisotopic (exact) mass is 295 g/mol. The van der Waals surface area contributed by atoms with Gasteiger partial charge in [-0.1, -0.05) is 0 Å². The molecule has 2 aromatic rings. The van der Waals surface area contributed by atoms with Gasteiger partial charge in [-0.3, -0.25) is 14.2 Å². The Labute approximate surface area is 120 Å². The fraction of sp³-hybridized carbons (Fsp3) is 0.462. The van der Waals surface area contributed by atoms with Crippen LogP contribution in [0, 0.1) is 0 Å². The highest BCUT2D eigenvalue weighted by Crippen LogP contribution is 2.13. The first kappa shape index (κ1) is 14.7. The molecule has 0 radical (unpaired) electrons. The normalized spacial score (nSPS) is 11.2. The highest BCUT2D eigenvalue weighted by atomic mass is 32.1.